The normalized spacial score (nSPS) is 9.65. The molecule has 0 atom stereocenters. The van der Waals surface area contributed by atoms with Crippen LogP contribution in [0.1, 0.15) is 10.5 Å². The second-order valence-corrected chi connectivity index (χ2v) is 3.09. The summed E-state index contributed by atoms with van der Waals surface area (Å²) in [5.41, 5.74) is 14.7. The van der Waals surface area contributed by atoms with E-state index < -0.39 is 5.91 Å². The molecule has 0 aliphatic rings. The molecule has 1 amide bonds. The zero-order chi connectivity index (χ0) is 12.3. The molecule has 84 valence electrons. The van der Waals surface area contributed by atoms with Gasteiger partial charge >= 0.3 is 0 Å². The Morgan fingerprint density at radius 1 is 1.41 bits per heavy atom. The van der Waals surface area contributed by atoms with E-state index in [0.29, 0.717) is 11.3 Å². The van der Waals surface area contributed by atoms with Gasteiger partial charge in [-0.25, -0.2) is 0 Å². The van der Waals surface area contributed by atoms with Crippen molar-refractivity contribution in [2.45, 2.75) is 0 Å². The number of aromatic nitrogens is 3. The molecule has 0 radical (unpaired) electrons. The number of nitrogens with one attached hydrogen (secondary N) is 1. The smallest absolute Gasteiger partial charge is 0.271 e. The molecule has 0 unspecified atom stereocenters. The summed E-state index contributed by atoms with van der Waals surface area (Å²) in [6.07, 6.45) is 0. The van der Waals surface area contributed by atoms with Crippen molar-refractivity contribution >= 4 is 11.6 Å². The molecule has 0 aliphatic carbocycles. The molecule has 3 N–H and O–H groups in total. The lowest BCUT2D eigenvalue weighted by atomic mass is 10.1. The third kappa shape index (κ3) is 1.92. The Kier molecular flexibility index (Phi) is 2.71. The van der Waals surface area contributed by atoms with Crippen LogP contribution >= 0.6 is 0 Å². The van der Waals surface area contributed by atoms with Gasteiger partial charge in [-0.1, -0.05) is 29.4 Å². The molecule has 8 nitrogen and oxygen atoms in total. The predicted molar refractivity (Wildman–Crippen MR) is 59.1 cm³/mol. The first-order chi connectivity index (χ1) is 8.24. The second kappa shape index (κ2) is 4.33. The third-order valence-corrected chi connectivity index (χ3v) is 2.09. The van der Waals surface area contributed by atoms with Crippen LogP contribution in [0.15, 0.2) is 29.4 Å². The molecule has 8 heteroatoms. The number of amides is 1. The molecule has 1 aromatic heterocycles. The largest absolute Gasteiger partial charge is 0.364 e. The van der Waals surface area contributed by atoms with Gasteiger partial charge in [0.25, 0.3) is 5.91 Å². The van der Waals surface area contributed by atoms with Gasteiger partial charge in [0.15, 0.2) is 5.69 Å². The van der Waals surface area contributed by atoms with E-state index >= 15 is 0 Å². The highest BCUT2D eigenvalue weighted by atomic mass is 16.1. The summed E-state index contributed by atoms with van der Waals surface area (Å²) in [6, 6.07) is 6.70. The highest BCUT2D eigenvalue weighted by molar-refractivity contribution is 5.97. The van der Waals surface area contributed by atoms with Crippen LogP contribution in [-0.2, 0) is 0 Å². The molecule has 0 saturated carbocycles. The molecule has 0 bridgehead atoms. The Morgan fingerprint density at radius 3 is 2.88 bits per heavy atom. The zero-order valence-electron chi connectivity index (χ0n) is 8.53. The maximum Gasteiger partial charge on any atom is 0.271 e. The molecule has 17 heavy (non-hydrogen) atoms. The van der Waals surface area contributed by atoms with Crippen molar-refractivity contribution in [2.75, 3.05) is 0 Å². The van der Waals surface area contributed by atoms with Crippen molar-refractivity contribution in [2.24, 2.45) is 10.8 Å². The third-order valence-electron chi connectivity index (χ3n) is 2.09. The van der Waals surface area contributed by atoms with Gasteiger partial charge in [0.05, 0.1) is 0 Å². The fourth-order valence-electron chi connectivity index (χ4n) is 1.40. The van der Waals surface area contributed by atoms with Gasteiger partial charge in [-0.15, -0.1) is 0 Å². The molecule has 2 rings (SSSR count). The summed E-state index contributed by atoms with van der Waals surface area (Å²) in [6.45, 7) is 0. The van der Waals surface area contributed by atoms with Crippen LogP contribution < -0.4 is 5.73 Å². The summed E-state index contributed by atoms with van der Waals surface area (Å²) in [5, 5.41) is 13.3. The summed E-state index contributed by atoms with van der Waals surface area (Å²) >= 11 is 0. The zero-order valence-corrected chi connectivity index (χ0v) is 8.53. The number of carbonyl (C=O) groups is 1. The number of primary amides is 1. The first kappa shape index (κ1) is 10.7. The van der Waals surface area contributed by atoms with Gasteiger partial charge in [-0.3, -0.25) is 4.79 Å². The van der Waals surface area contributed by atoms with Gasteiger partial charge in [-0.2, -0.15) is 15.4 Å². The minimum atomic E-state index is -0.704. The number of carbonyl (C=O) groups excluding carboxylic acids is 1. The SMILES string of the molecule is [N-]=[N+]=Nc1ccccc1-c1n[nH]nc1C(N)=O. The number of rotatable bonds is 3. The lowest BCUT2D eigenvalue weighted by molar-refractivity contribution is 0.0996. The van der Waals surface area contributed by atoms with E-state index in [0.717, 1.165) is 0 Å². The van der Waals surface area contributed by atoms with Gasteiger partial charge < -0.3 is 5.73 Å². The summed E-state index contributed by atoms with van der Waals surface area (Å²) < 4.78 is 0. The van der Waals surface area contributed by atoms with Crippen molar-refractivity contribution in [3.05, 3.63) is 40.4 Å². The van der Waals surface area contributed by atoms with E-state index in [-0.39, 0.29) is 11.4 Å². The van der Waals surface area contributed by atoms with Gasteiger partial charge in [-0.05, 0) is 5.53 Å². The highest BCUT2D eigenvalue weighted by Crippen LogP contribution is 2.29. The Morgan fingerprint density at radius 2 is 2.18 bits per heavy atom. The fraction of sp³-hybridized carbons (Fsp3) is 0. The number of hydrogen-bond acceptors (Lipinski definition) is 4. The minimum absolute atomic E-state index is 0.00518. The number of H-pyrrole nitrogens is 1. The minimum Gasteiger partial charge on any atom is -0.364 e. The first-order valence-electron chi connectivity index (χ1n) is 4.59. The lowest BCUT2D eigenvalue weighted by Gasteiger charge is -2.01. The lowest BCUT2D eigenvalue weighted by Crippen LogP contribution is -2.12. The van der Waals surface area contributed by atoms with E-state index in [1.807, 2.05) is 0 Å². The van der Waals surface area contributed by atoms with Crippen LogP contribution in [0.3, 0.4) is 0 Å². The van der Waals surface area contributed by atoms with E-state index in [9.17, 15) is 4.79 Å². The highest BCUT2D eigenvalue weighted by Gasteiger charge is 2.16. The molecule has 0 saturated heterocycles. The summed E-state index contributed by atoms with van der Waals surface area (Å²) in [5.74, 6) is -0.704. The average molecular weight is 229 g/mol. The van der Waals surface area contributed by atoms with Crippen LogP contribution in [0.2, 0.25) is 0 Å². The summed E-state index contributed by atoms with van der Waals surface area (Å²) in [4.78, 5) is 13.8. The molecule has 0 fully saturated rings. The van der Waals surface area contributed by atoms with E-state index in [2.05, 4.69) is 25.4 Å². The van der Waals surface area contributed by atoms with Crippen molar-refractivity contribution in [3.63, 3.8) is 0 Å². The van der Waals surface area contributed by atoms with Crippen LogP contribution in [-0.4, -0.2) is 21.3 Å². The number of azide groups is 1. The van der Waals surface area contributed by atoms with Crippen molar-refractivity contribution < 1.29 is 4.79 Å². The molecular weight excluding hydrogens is 222 g/mol. The van der Waals surface area contributed by atoms with Crippen LogP contribution in [0, 0.1) is 0 Å². The number of hydrogen-bond donors (Lipinski definition) is 2. The van der Waals surface area contributed by atoms with Crippen LogP contribution in [0.4, 0.5) is 5.69 Å². The van der Waals surface area contributed by atoms with Crippen LogP contribution in [0.25, 0.3) is 21.7 Å². The Balaban J connectivity index is 2.64. The Hall–Kier alpha value is -2.86. The topological polar surface area (TPSA) is 133 Å². The molecule has 1 aromatic carbocycles. The van der Waals surface area contributed by atoms with Crippen molar-refractivity contribution in [3.8, 4) is 11.3 Å². The molecule has 0 spiro atoms. The molecule has 1 heterocycles. The quantitative estimate of drug-likeness (QED) is 0.469. The molecular formula is C9H7N7O. The van der Waals surface area contributed by atoms with E-state index in [1.165, 1.54) is 0 Å². The van der Waals surface area contributed by atoms with E-state index in [1.54, 1.807) is 24.3 Å². The Bertz CT molecular complexity index is 611. The average Bonchev–Trinajstić information content (AvgIpc) is 2.79. The maximum absolute atomic E-state index is 11.1. The Labute approximate surface area is 95.1 Å². The fourth-order valence-corrected chi connectivity index (χ4v) is 1.40. The van der Waals surface area contributed by atoms with E-state index in [4.69, 9.17) is 11.3 Å². The van der Waals surface area contributed by atoms with Crippen LogP contribution in [0.5, 0.6) is 0 Å². The standard InChI is InChI=1S/C9H7N7O/c10-9(17)8-7(13-16-14-8)5-3-1-2-4-6(5)12-15-11/h1-4H,(H2,10,17)(H,13,14,16). The van der Waals surface area contributed by atoms with Gasteiger partial charge in [0.2, 0.25) is 0 Å². The first-order valence-corrected chi connectivity index (χ1v) is 4.59. The molecule has 2 aromatic rings. The predicted octanol–water partition coefficient (Wildman–Crippen LogP) is 1.51. The molecule has 0 aliphatic heterocycles. The maximum atomic E-state index is 11.1. The van der Waals surface area contributed by atoms with Gasteiger partial charge in [0.1, 0.15) is 5.69 Å². The van der Waals surface area contributed by atoms with Crippen molar-refractivity contribution in [1.29, 1.82) is 0 Å². The van der Waals surface area contributed by atoms with Crippen molar-refractivity contribution in [1.82, 2.24) is 15.4 Å². The number of nitrogens with zero attached hydrogens (tertiary/aromatic N) is 5. The second-order valence-electron chi connectivity index (χ2n) is 3.09. The number of nitrogens with two attached hydrogens (primary N) is 1. The summed E-state index contributed by atoms with van der Waals surface area (Å²) in [7, 11) is 0. The van der Waals surface area contributed by atoms with Gasteiger partial charge in [0, 0.05) is 16.2 Å². The number of benzene rings is 1. The number of aromatic amines is 1. The monoisotopic (exact) mass is 229 g/mol.